The van der Waals surface area contributed by atoms with Crippen molar-refractivity contribution in [1.29, 1.82) is 0 Å². The summed E-state index contributed by atoms with van der Waals surface area (Å²) in [5, 5.41) is 10.1. The van der Waals surface area contributed by atoms with E-state index in [1.54, 1.807) is 12.1 Å². The molecule has 1 N–H and O–H groups in total. The molecule has 2 amide bonds. The molecule has 1 aromatic rings. The summed E-state index contributed by atoms with van der Waals surface area (Å²) in [5.74, 6) is 0.408. The van der Waals surface area contributed by atoms with E-state index >= 15 is 0 Å². The zero-order valence-corrected chi connectivity index (χ0v) is 13.2. The molecule has 0 unspecified atom stereocenters. The van der Waals surface area contributed by atoms with Crippen molar-refractivity contribution < 1.29 is 19.4 Å². The Bertz CT molecular complexity index is 566. The van der Waals surface area contributed by atoms with E-state index in [9.17, 15) is 14.7 Å². The van der Waals surface area contributed by atoms with Crippen LogP contribution in [0.4, 0.5) is 0 Å². The monoisotopic (exact) mass is 317 g/mol. The van der Waals surface area contributed by atoms with Gasteiger partial charge in [0.25, 0.3) is 0 Å². The van der Waals surface area contributed by atoms with Gasteiger partial charge in [0, 0.05) is 6.42 Å². The number of ether oxygens (including phenoxy) is 1. The van der Waals surface area contributed by atoms with Gasteiger partial charge in [-0.3, -0.25) is 14.5 Å². The molecule has 1 atom stereocenters. The van der Waals surface area contributed by atoms with Crippen molar-refractivity contribution in [3.8, 4) is 5.75 Å². The Morgan fingerprint density at radius 1 is 1.13 bits per heavy atom. The smallest absolute Gasteiger partial charge is 0.235 e. The van der Waals surface area contributed by atoms with Gasteiger partial charge in [-0.1, -0.05) is 37.5 Å². The number of aliphatic hydroxyl groups excluding tert-OH is 1. The van der Waals surface area contributed by atoms with E-state index in [0.29, 0.717) is 12.2 Å². The van der Waals surface area contributed by atoms with E-state index in [0.717, 1.165) is 32.1 Å². The summed E-state index contributed by atoms with van der Waals surface area (Å²) in [4.78, 5) is 26.1. The largest absolute Gasteiger partial charge is 0.491 e. The zero-order chi connectivity index (χ0) is 16.3. The number of carbonyl (C=O) groups is 2. The molecular weight excluding hydrogens is 294 g/mol. The fraction of sp³-hybridized carbons (Fsp3) is 0.556. The van der Waals surface area contributed by atoms with Crippen LogP contribution < -0.4 is 4.74 Å². The van der Waals surface area contributed by atoms with Gasteiger partial charge in [0.1, 0.15) is 18.5 Å². The summed E-state index contributed by atoms with van der Waals surface area (Å²) in [6, 6.07) is 9.18. The Morgan fingerprint density at radius 2 is 1.83 bits per heavy atom. The predicted octanol–water partition coefficient (Wildman–Crippen LogP) is 2.14. The fourth-order valence-corrected chi connectivity index (χ4v) is 3.64. The first-order chi connectivity index (χ1) is 11.1. The minimum atomic E-state index is -0.873. The second-order valence-electron chi connectivity index (χ2n) is 6.61. The number of aliphatic hydroxyl groups is 1. The molecule has 124 valence electrons. The van der Waals surface area contributed by atoms with Crippen LogP contribution in [-0.2, 0) is 9.59 Å². The van der Waals surface area contributed by atoms with Crippen LogP contribution in [0.25, 0.3) is 0 Å². The average molecular weight is 317 g/mol. The maximum atomic E-state index is 12.7. The molecule has 1 aliphatic heterocycles. The standard InChI is InChI=1S/C18H23NO4/c20-14(13-23-15-7-3-1-4-8-15)12-19-16(21)11-18(17(19)22)9-5-2-6-10-18/h1,3-4,7-8,14,20H,2,5-6,9-13H2/t14-/m0/s1. The van der Waals surface area contributed by atoms with Crippen LogP contribution in [0.15, 0.2) is 30.3 Å². The number of carbonyl (C=O) groups excluding carboxylic acids is 2. The Morgan fingerprint density at radius 3 is 2.52 bits per heavy atom. The first-order valence-electron chi connectivity index (χ1n) is 8.31. The predicted molar refractivity (Wildman–Crippen MR) is 84.8 cm³/mol. The Kier molecular flexibility index (Phi) is 4.66. The number of hydrogen-bond acceptors (Lipinski definition) is 4. The highest BCUT2D eigenvalue weighted by atomic mass is 16.5. The second-order valence-corrected chi connectivity index (χ2v) is 6.61. The van der Waals surface area contributed by atoms with Crippen LogP contribution in [0, 0.1) is 5.41 Å². The topological polar surface area (TPSA) is 66.8 Å². The van der Waals surface area contributed by atoms with Crippen molar-refractivity contribution in [3.63, 3.8) is 0 Å². The molecule has 1 spiro atoms. The van der Waals surface area contributed by atoms with Crippen LogP contribution >= 0.6 is 0 Å². The van der Waals surface area contributed by atoms with Gasteiger partial charge >= 0.3 is 0 Å². The zero-order valence-electron chi connectivity index (χ0n) is 13.2. The molecule has 1 aromatic carbocycles. The first kappa shape index (κ1) is 16.0. The van der Waals surface area contributed by atoms with Gasteiger partial charge < -0.3 is 9.84 Å². The van der Waals surface area contributed by atoms with Crippen molar-refractivity contribution in [2.45, 2.75) is 44.6 Å². The number of likely N-dealkylation sites (tertiary alicyclic amines) is 1. The molecule has 23 heavy (non-hydrogen) atoms. The van der Waals surface area contributed by atoms with Crippen LogP contribution in [0.2, 0.25) is 0 Å². The quantitative estimate of drug-likeness (QED) is 0.845. The molecule has 1 heterocycles. The molecule has 5 heteroatoms. The summed E-state index contributed by atoms with van der Waals surface area (Å²) in [7, 11) is 0. The van der Waals surface area contributed by atoms with Gasteiger partial charge in [-0.2, -0.15) is 0 Å². The number of amides is 2. The van der Waals surface area contributed by atoms with Crippen molar-refractivity contribution in [2.75, 3.05) is 13.2 Å². The Labute approximate surface area is 136 Å². The van der Waals surface area contributed by atoms with Crippen molar-refractivity contribution in [2.24, 2.45) is 5.41 Å². The van der Waals surface area contributed by atoms with Gasteiger partial charge in [-0.05, 0) is 25.0 Å². The lowest BCUT2D eigenvalue weighted by Gasteiger charge is -2.30. The van der Waals surface area contributed by atoms with Crippen molar-refractivity contribution in [3.05, 3.63) is 30.3 Å². The number of rotatable bonds is 5. The molecule has 2 fully saturated rings. The third kappa shape index (κ3) is 3.39. The normalized spacial score (nSPS) is 21.7. The lowest BCUT2D eigenvalue weighted by molar-refractivity contribution is -0.144. The highest BCUT2D eigenvalue weighted by molar-refractivity contribution is 6.05. The van der Waals surface area contributed by atoms with Crippen molar-refractivity contribution >= 4 is 11.8 Å². The maximum Gasteiger partial charge on any atom is 0.235 e. The van der Waals surface area contributed by atoms with E-state index in [-0.39, 0.29) is 25.0 Å². The molecular formula is C18H23NO4. The third-order valence-electron chi connectivity index (χ3n) is 4.88. The molecule has 3 rings (SSSR count). The third-order valence-corrected chi connectivity index (χ3v) is 4.88. The second kappa shape index (κ2) is 6.71. The van der Waals surface area contributed by atoms with Gasteiger partial charge in [0.2, 0.25) is 11.8 Å². The average Bonchev–Trinajstić information content (AvgIpc) is 2.79. The summed E-state index contributed by atoms with van der Waals surface area (Å²) >= 11 is 0. The van der Waals surface area contributed by atoms with Gasteiger partial charge in [-0.25, -0.2) is 0 Å². The molecule has 0 aromatic heterocycles. The van der Waals surface area contributed by atoms with Crippen LogP contribution in [0.3, 0.4) is 0 Å². The lowest BCUT2D eigenvalue weighted by atomic mass is 9.73. The fourth-order valence-electron chi connectivity index (χ4n) is 3.64. The van der Waals surface area contributed by atoms with E-state index in [4.69, 9.17) is 4.74 Å². The Balaban J connectivity index is 1.56. The molecule has 2 aliphatic rings. The van der Waals surface area contributed by atoms with Crippen LogP contribution in [0.5, 0.6) is 5.75 Å². The highest BCUT2D eigenvalue weighted by Crippen LogP contribution is 2.45. The molecule has 1 aliphatic carbocycles. The molecule has 5 nitrogen and oxygen atoms in total. The first-order valence-corrected chi connectivity index (χ1v) is 8.31. The highest BCUT2D eigenvalue weighted by Gasteiger charge is 2.51. The van der Waals surface area contributed by atoms with Gasteiger partial charge in [-0.15, -0.1) is 0 Å². The Hall–Kier alpha value is -1.88. The number of imide groups is 1. The molecule has 0 radical (unpaired) electrons. The van der Waals surface area contributed by atoms with Gasteiger partial charge in [0.15, 0.2) is 0 Å². The number of β-amino-alcohol motifs (C(OH)–C–C–N with tert-alkyl or cyclic N) is 1. The number of para-hydroxylation sites is 1. The lowest BCUT2D eigenvalue weighted by Crippen LogP contribution is -2.42. The maximum absolute atomic E-state index is 12.7. The van der Waals surface area contributed by atoms with Crippen molar-refractivity contribution in [1.82, 2.24) is 4.90 Å². The van der Waals surface area contributed by atoms with Gasteiger partial charge in [0.05, 0.1) is 12.0 Å². The van der Waals surface area contributed by atoms with Crippen LogP contribution in [0.1, 0.15) is 38.5 Å². The van der Waals surface area contributed by atoms with E-state index in [1.807, 2.05) is 18.2 Å². The summed E-state index contributed by atoms with van der Waals surface area (Å²) in [5.41, 5.74) is -0.491. The SMILES string of the molecule is O=C1CC2(CCCCC2)C(=O)N1C[C@H](O)COc1ccccc1. The molecule has 1 saturated carbocycles. The van der Waals surface area contributed by atoms with E-state index in [1.165, 1.54) is 4.90 Å². The van der Waals surface area contributed by atoms with Crippen LogP contribution in [-0.4, -0.2) is 41.1 Å². The molecule has 1 saturated heterocycles. The van der Waals surface area contributed by atoms with E-state index < -0.39 is 11.5 Å². The number of hydrogen-bond donors (Lipinski definition) is 1. The summed E-state index contributed by atoms with van der Waals surface area (Å²) in [6.07, 6.45) is 4.17. The molecule has 0 bridgehead atoms. The summed E-state index contributed by atoms with van der Waals surface area (Å²) in [6.45, 7) is 0.0837. The minimum absolute atomic E-state index is 0.0201. The van der Waals surface area contributed by atoms with E-state index in [2.05, 4.69) is 0 Å². The summed E-state index contributed by atoms with van der Waals surface area (Å²) < 4.78 is 5.49. The number of benzene rings is 1. The number of nitrogens with zero attached hydrogens (tertiary/aromatic N) is 1. The minimum Gasteiger partial charge on any atom is -0.491 e.